The lowest BCUT2D eigenvalue weighted by atomic mass is 10.0. The number of pyridine rings is 1. The maximum Gasteiger partial charge on any atom is 0.180 e. The van der Waals surface area contributed by atoms with Crippen molar-refractivity contribution in [1.82, 2.24) is 19.9 Å². The van der Waals surface area contributed by atoms with Gasteiger partial charge in [0.2, 0.25) is 0 Å². The van der Waals surface area contributed by atoms with Crippen LogP contribution in [0, 0.1) is 0 Å². The van der Waals surface area contributed by atoms with Gasteiger partial charge < -0.3 is 10.1 Å². The van der Waals surface area contributed by atoms with Crippen molar-refractivity contribution in [1.29, 1.82) is 0 Å². The van der Waals surface area contributed by atoms with Gasteiger partial charge in [0.1, 0.15) is 11.5 Å². The predicted molar refractivity (Wildman–Crippen MR) is 102 cm³/mol. The molecule has 2 fully saturated rings. The van der Waals surface area contributed by atoms with E-state index in [9.17, 15) is 0 Å². The molecule has 2 aliphatic heterocycles. The number of ether oxygens (including phenoxy) is 1. The number of piperidine rings is 1. The molecule has 0 aliphatic carbocycles. The van der Waals surface area contributed by atoms with Crippen LogP contribution in [0.3, 0.4) is 0 Å². The number of hydrogen-bond acceptors (Lipinski definition) is 6. The van der Waals surface area contributed by atoms with Crippen LogP contribution in [-0.2, 0) is 11.2 Å². The van der Waals surface area contributed by atoms with Crippen molar-refractivity contribution in [3.8, 4) is 11.5 Å². The van der Waals surface area contributed by atoms with Gasteiger partial charge in [0.15, 0.2) is 5.82 Å². The molecule has 0 spiro atoms. The van der Waals surface area contributed by atoms with Crippen molar-refractivity contribution >= 4 is 5.82 Å². The maximum atomic E-state index is 5.53. The van der Waals surface area contributed by atoms with Crippen LogP contribution in [0.4, 0.5) is 5.82 Å². The highest BCUT2D eigenvalue weighted by Crippen LogP contribution is 2.22. The molecule has 0 bridgehead atoms. The molecule has 2 aromatic rings. The van der Waals surface area contributed by atoms with Crippen LogP contribution in [0.1, 0.15) is 31.9 Å². The lowest BCUT2D eigenvalue weighted by Crippen LogP contribution is -2.45. The number of rotatable bonds is 5. The summed E-state index contributed by atoms with van der Waals surface area (Å²) >= 11 is 0. The van der Waals surface area contributed by atoms with Crippen molar-refractivity contribution in [2.24, 2.45) is 0 Å². The molecule has 2 aromatic heterocycles. The van der Waals surface area contributed by atoms with E-state index in [-0.39, 0.29) is 0 Å². The smallest absolute Gasteiger partial charge is 0.180 e. The molecule has 138 valence electrons. The topological polar surface area (TPSA) is 63.2 Å². The highest BCUT2D eigenvalue weighted by molar-refractivity contribution is 5.53. The van der Waals surface area contributed by atoms with Crippen LogP contribution >= 0.6 is 0 Å². The minimum absolute atomic E-state index is 0.463. The van der Waals surface area contributed by atoms with Gasteiger partial charge in [-0.3, -0.25) is 9.88 Å². The van der Waals surface area contributed by atoms with Gasteiger partial charge in [-0.2, -0.15) is 0 Å². The molecular weight excluding hydrogens is 326 g/mol. The molecule has 6 heteroatoms. The summed E-state index contributed by atoms with van der Waals surface area (Å²) < 4.78 is 5.53. The first-order valence-corrected chi connectivity index (χ1v) is 9.69. The standard InChI is InChI=1S/C20H27N5O/c1-2-15-13-19(24-20(23-15)18-5-3-4-9-21-18)22-16-6-10-25(11-7-16)17-8-12-26-14-17/h3-5,9,13,16-17H,2,6-8,10-12,14H2,1H3,(H,22,23,24). The molecule has 1 unspecified atom stereocenters. The van der Waals surface area contributed by atoms with Gasteiger partial charge in [0.25, 0.3) is 0 Å². The average molecular weight is 353 g/mol. The molecule has 4 heterocycles. The molecular formula is C20H27N5O. The normalized spacial score (nSPS) is 21.8. The number of nitrogens with one attached hydrogen (secondary N) is 1. The molecule has 1 atom stereocenters. The number of aromatic nitrogens is 3. The van der Waals surface area contributed by atoms with E-state index in [1.54, 1.807) is 6.20 Å². The fourth-order valence-electron chi connectivity index (χ4n) is 3.79. The molecule has 1 N–H and O–H groups in total. The van der Waals surface area contributed by atoms with Gasteiger partial charge in [-0.25, -0.2) is 9.97 Å². The molecule has 0 radical (unpaired) electrons. The van der Waals surface area contributed by atoms with E-state index >= 15 is 0 Å². The van der Waals surface area contributed by atoms with Crippen molar-refractivity contribution in [2.75, 3.05) is 31.6 Å². The van der Waals surface area contributed by atoms with Crippen molar-refractivity contribution < 1.29 is 4.74 Å². The largest absolute Gasteiger partial charge is 0.380 e. The zero-order valence-electron chi connectivity index (χ0n) is 15.4. The number of nitrogens with zero attached hydrogens (tertiary/aromatic N) is 4. The van der Waals surface area contributed by atoms with Crippen LogP contribution < -0.4 is 5.32 Å². The minimum atomic E-state index is 0.463. The monoisotopic (exact) mass is 353 g/mol. The molecule has 4 rings (SSSR count). The first-order valence-electron chi connectivity index (χ1n) is 9.69. The van der Waals surface area contributed by atoms with Gasteiger partial charge in [-0.15, -0.1) is 0 Å². The summed E-state index contributed by atoms with van der Waals surface area (Å²) in [5.74, 6) is 1.62. The summed E-state index contributed by atoms with van der Waals surface area (Å²) in [5, 5.41) is 3.64. The van der Waals surface area contributed by atoms with Crippen molar-refractivity contribution in [2.45, 2.75) is 44.7 Å². The van der Waals surface area contributed by atoms with Crippen LogP contribution in [0.2, 0.25) is 0 Å². The number of aryl methyl sites for hydroxylation is 1. The van der Waals surface area contributed by atoms with Gasteiger partial charge in [-0.1, -0.05) is 13.0 Å². The molecule has 0 aromatic carbocycles. The van der Waals surface area contributed by atoms with E-state index in [0.29, 0.717) is 17.9 Å². The van der Waals surface area contributed by atoms with E-state index in [0.717, 1.165) is 62.8 Å². The van der Waals surface area contributed by atoms with Gasteiger partial charge in [0.05, 0.1) is 6.61 Å². The Hall–Kier alpha value is -2.05. The zero-order valence-corrected chi connectivity index (χ0v) is 15.4. The Kier molecular flexibility index (Phi) is 5.41. The van der Waals surface area contributed by atoms with Crippen LogP contribution in [0.15, 0.2) is 30.5 Å². The summed E-state index contributed by atoms with van der Waals surface area (Å²) in [6.45, 7) is 6.20. The van der Waals surface area contributed by atoms with Crippen LogP contribution in [0.25, 0.3) is 11.5 Å². The molecule has 0 amide bonds. The predicted octanol–water partition coefficient (Wildman–Crippen LogP) is 2.77. The second kappa shape index (κ2) is 8.10. The number of likely N-dealkylation sites (tertiary alicyclic amines) is 1. The van der Waals surface area contributed by atoms with Gasteiger partial charge in [0, 0.05) is 49.7 Å². The highest BCUT2D eigenvalue weighted by Gasteiger charge is 2.27. The Morgan fingerprint density at radius 2 is 2.08 bits per heavy atom. The molecule has 0 saturated carbocycles. The minimum Gasteiger partial charge on any atom is -0.380 e. The summed E-state index contributed by atoms with van der Waals surface area (Å²) in [4.78, 5) is 16.3. The number of hydrogen-bond donors (Lipinski definition) is 1. The van der Waals surface area contributed by atoms with E-state index in [1.165, 1.54) is 6.42 Å². The summed E-state index contributed by atoms with van der Waals surface area (Å²) in [5.41, 5.74) is 1.87. The SMILES string of the molecule is CCc1cc(NC2CCN(C3CCOC3)CC2)nc(-c2ccccn2)n1. The lowest BCUT2D eigenvalue weighted by Gasteiger charge is -2.35. The Morgan fingerprint density at radius 3 is 2.77 bits per heavy atom. The van der Waals surface area contributed by atoms with Crippen LogP contribution in [-0.4, -0.2) is 58.2 Å². The van der Waals surface area contributed by atoms with Gasteiger partial charge >= 0.3 is 0 Å². The fraction of sp³-hybridized carbons (Fsp3) is 0.550. The molecule has 26 heavy (non-hydrogen) atoms. The van der Waals surface area contributed by atoms with Gasteiger partial charge in [-0.05, 0) is 37.8 Å². The summed E-state index contributed by atoms with van der Waals surface area (Å²) in [6.07, 6.45) is 6.13. The quantitative estimate of drug-likeness (QED) is 0.892. The van der Waals surface area contributed by atoms with Crippen LogP contribution in [0.5, 0.6) is 0 Å². The van der Waals surface area contributed by atoms with E-state index < -0.39 is 0 Å². The van der Waals surface area contributed by atoms with E-state index in [2.05, 4.69) is 33.2 Å². The highest BCUT2D eigenvalue weighted by atomic mass is 16.5. The summed E-state index contributed by atoms with van der Waals surface area (Å²) in [6, 6.07) is 9.00. The third-order valence-corrected chi connectivity index (χ3v) is 5.34. The third kappa shape index (κ3) is 4.02. The molecule has 6 nitrogen and oxygen atoms in total. The number of anilines is 1. The van der Waals surface area contributed by atoms with Crippen molar-refractivity contribution in [3.05, 3.63) is 36.2 Å². The average Bonchev–Trinajstić information content (AvgIpc) is 3.24. The maximum absolute atomic E-state index is 5.53. The Morgan fingerprint density at radius 1 is 1.19 bits per heavy atom. The summed E-state index contributed by atoms with van der Waals surface area (Å²) in [7, 11) is 0. The second-order valence-electron chi connectivity index (χ2n) is 7.11. The van der Waals surface area contributed by atoms with Crippen molar-refractivity contribution in [3.63, 3.8) is 0 Å². The van der Waals surface area contributed by atoms with E-state index in [4.69, 9.17) is 9.72 Å². The third-order valence-electron chi connectivity index (χ3n) is 5.34. The Labute approximate surface area is 155 Å². The first-order chi connectivity index (χ1) is 12.8. The zero-order chi connectivity index (χ0) is 17.8. The molecule has 2 aliphatic rings. The Balaban J connectivity index is 1.43. The first kappa shape index (κ1) is 17.4. The fourth-order valence-corrected chi connectivity index (χ4v) is 3.79. The Bertz CT molecular complexity index is 709. The lowest BCUT2D eigenvalue weighted by molar-refractivity contribution is 0.124. The van der Waals surface area contributed by atoms with E-state index in [1.807, 2.05) is 18.2 Å². The molecule has 2 saturated heterocycles. The second-order valence-corrected chi connectivity index (χ2v) is 7.11.